The second-order valence-corrected chi connectivity index (χ2v) is 5.69. The summed E-state index contributed by atoms with van der Waals surface area (Å²) in [5, 5.41) is 8.56. The number of benzene rings is 1. The molecule has 1 rings (SSSR count). The number of hydrogen-bond acceptors (Lipinski definition) is 3. The van der Waals surface area contributed by atoms with Gasteiger partial charge in [-0.05, 0) is 23.6 Å². The molecule has 0 fully saturated rings. The van der Waals surface area contributed by atoms with Gasteiger partial charge in [-0.1, -0.05) is 39.3 Å². The summed E-state index contributed by atoms with van der Waals surface area (Å²) in [6.07, 6.45) is 0.982. The summed E-state index contributed by atoms with van der Waals surface area (Å²) in [7, 11) is 1.80. The van der Waals surface area contributed by atoms with Crippen LogP contribution in [-0.4, -0.2) is 35.5 Å². The molecule has 0 heterocycles. The maximum Gasteiger partial charge on any atom is 0.341 e. The molecule has 1 amide bonds. The van der Waals surface area contributed by atoms with Gasteiger partial charge >= 0.3 is 5.97 Å². The van der Waals surface area contributed by atoms with Gasteiger partial charge in [0.1, 0.15) is 5.75 Å². The number of rotatable bonds is 8. The van der Waals surface area contributed by atoms with Gasteiger partial charge in [0, 0.05) is 19.5 Å². The standard InChI is InChI=1S/C17H25NO4/c1-5-12(2)13(3)17(21)18(4)10-14-6-8-15(9-7-14)22-11-16(19)20/h6-9,12-13H,5,10-11H2,1-4H3,(H,19,20). The molecule has 22 heavy (non-hydrogen) atoms. The second kappa shape index (κ2) is 8.41. The first kappa shape index (κ1) is 18.0. The van der Waals surface area contributed by atoms with Crippen LogP contribution in [0.1, 0.15) is 32.8 Å². The number of aliphatic carboxylic acids is 1. The first-order valence-corrected chi connectivity index (χ1v) is 7.53. The van der Waals surface area contributed by atoms with E-state index in [9.17, 15) is 9.59 Å². The third-order valence-electron chi connectivity index (χ3n) is 3.97. The number of amides is 1. The van der Waals surface area contributed by atoms with E-state index in [0.29, 0.717) is 18.2 Å². The van der Waals surface area contributed by atoms with Crippen LogP contribution in [0.15, 0.2) is 24.3 Å². The number of hydrogen-bond donors (Lipinski definition) is 1. The van der Waals surface area contributed by atoms with Gasteiger partial charge in [0.05, 0.1) is 0 Å². The van der Waals surface area contributed by atoms with Crippen molar-refractivity contribution in [2.24, 2.45) is 11.8 Å². The maximum atomic E-state index is 12.3. The number of nitrogens with zero attached hydrogens (tertiary/aromatic N) is 1. The van der Waals surface area contributed by atoms with Gasteiger partial charge in [0.25, 0.3) is 0 Å². The van der Waals surface area contributed by atoms with Gasteiger partial charge < -0.3 is 14.7 Å². The second-order valence-electron chi connectivity index (χ2n) is 5.69. The zero-order valence-electron chi connectivity index (χ0n) is 13.7. The Bertz CT molecular complexity index is 498. The summed E-state index contributed by atoms with van der Waals surface area (Å²) in [5.41, 5.74) is 0.981. The van der Waals surface area contributed by atoms with Crippen LogP contribution in [0.5, 0.6) is 5.75 Å². The molecular formula is C17H25NO4. The molecule has 0 aliphatic heterocycles. The van der Waals surface area contributed by atoms with Crippen LogP contribution in [0.4, 0.5) is 0 Å². The van der Waals surface area contributed by atoms with E-state index in [1.807, 2.05) is 19.1 Å². The molecule has 122 valence electrons. The summed E-state index contributed by atoms with van der Waals surface area (Å²) < 4.78 is 5.08. The highest BCUT2D eigenvalue weighted by Crippen LogP contribution is 2.19. The molecule has 0 saturated carbocycles. The number of carboxylic acid groups (broad SMARTS) is 1. The largest absolute Gasteiger partial charge is 0.482 e. The molecule has 0 saturated heterocycles. The van der Waals surface area contributed by atoms with Gasteiger partial charge in [-0.15, -0.1) is 0 Å². The fourth-order valence-electron chi connectivity index (χ4n) is 2.13. The van der Waals surface area contributed by atoms with Crippen LogP contribution in [-0.2, 0) is 16.1 Å². The van der Waals surface area contributed by atoms with Crippen molar-refractivity contribution in [1.82, 2.24) is 4.90 Å². The van der Waals surface area contributed by atoms with Crippen molar-refractivity contribution in [3.05, 3.63) is 29.8 Å². The fourth-order valence-corrected chi connectivity index (χ4v) is 2.13. The third-order valence-corrected chi connectivity index (χ3v) is 3.97. The van der Waals surface area contributed by atoms with Crippen LogP contribution in [0.3, 0.4) is 0 Å². The van der Waals surface area contributed by atoms with Gasteiger partial charge in [-0.3, -0.25) is 4.79 Å². The van der Waals surface area contributed by atoms with Crippen molar-refractivity contribution in [2.75, 3.05) is 13.7 Å². The summed E-state index contributed by atoms with van der Waals surface area (Å²) in [6, 6.07) is 7.12. The molecule has 0 radical (unpaired) electrons. The normalized spacial score (nSPS) is 13.3. The van der Waals surface area contributed by atoms with E-state index in [4.69, 9.17) is 9.84 Å². The number of carbonyl (C=O) groups excluding carboxylic acids is 1. The Morgan fingerprint density at radius 3 is 2.32 bits per heavy atom. The summed E-state index contributed by atoms with van der Waals surface area (Å²) in [4.78, 5) is 24.5. The van der Waals surface area contributed by atoms with E-state index in [2.05, 4.69) is 13.8 Å². The minimum atomic E-state index is -1.01. The lowest BCUT2D eigenvalue weighted by Gasteiger charge is -2.25. The molecule has 5 nitrogen and oxygen atoms in total. The van der Waals surface area contributed by atoms with Crippen molar-refractivity contribution < 1.29 is 19.4 Å². The zero-order valence-corrected chi connectivity index (χ0v) is 13.7. The Morgan fingerprint density at radius 2 is 1.82 bits per heavy atom. The molecule has 0 aliphatic carbocycles. The SMILES string of the molecule is CCC(C)C(C)C(=O)N(C)Cc1ccc(OCC(=O)O)cc1. The Hall–Kier alpha value is -2.04. The Kier molecular flexibility index (Phi) is 6.89. The summed E-state index contributed by atoms with van der Waals surface area (Å²) in [6.45, 7) is 6.31. The fraction of sp³-hybridized carbons (Fsp3) is 0.529. The van der Waals surface area contributed by atoms with Crippen molar-refractivity contribution in [3.63, 3.8) is 0 Å². The molecule has 1 aromatic carbocycles. The van der Waals surface area contributed by atoms with Gasteiger partial charge in [-0.25, -0.2) is 4.79 Å². The third kappa shape index (κ3) is 5.39. The molecule has 2 atom stereocenters. The van der Waals surface area contributed by atoms with Gasteiger partial charge in [-0.2, -0.15) is 0 Å². The Labute approximate surface area is 131 Å². The molecule has 0 bridgehead atoms. The lowest BCUT2D eigenvalue weighted by atomic mass is 9.92. The smallest absolute Gasteiger partial charge is 0.341 e. The van der Waals surface area contributed by atoms with Crippen LogP contribution >= 0.6 is 0 Å². The average Bonchev–Trinajstić information content (AvgIpc) is 2.51. The van der Waals surface area contributed by atoms with E-state index >= 15 is 0 Å². The maximum absolute atomic E-state index is 12.3. The first-order valence-electron chi connectivity index (χ1n) is 7.53. The number of carbonyl (C=O) groups is 2. The van der Waals surface area contributed by atoms with Crippen molar-refractivity contribution in [1.29, 1.82) is 0 Å². The molecule has 2 unspecified atom stereocenters. The quantitative estimate of drug-likeness (QED) is 0.802. The number of carboxylic acids is 1. The van der Waals surface area contributed by atoms with E-state index in [1.165, 1.54) is 0 Å². The van der Waals surface area contributed by atoms with E-state index in [0.717, 1.165) is 12.0 Å². The molecule has 5 heteroatoms. The lowest BCUT2D eigenvalue weighted by Crippen LogP contribution is -2.34. The molecule has 1 aromatic rings. The topological polar surface area (TPSA) is 66.8 Å². The van der Waals surface area contributed by atoms with Crippen molar-refractivity contribution in [2.45, 2.75) is 33.7 Å². The van der Waals surface area contributed by atoms with E-state index < -0.39 is 5.97 Å². The van der Waals surface area contributed by atoms with Crippen LogP contribution < -0.4 is 4.74 Å². The lowest BCUT2D eigenvalue weighted by molar-refractivity contribution is -0.139. The Balaban J connectivity index is 2.59. The Morgan fingerprint density at radius 1 is 1.23 bits per heavy atom. The molecule has 0 aromatic heterocycles. The summed E-state index contributed by atoms with van der Waals surface area (Å²) >= 11 is 0. The highest BCUT2D eigenvalue weighted by molar-refractivity contribution is 5.78. The van der Waals surface area contributed by atoms with Crippen molar-refractivity contribution in [3.8, 4) is 5.75 Å². The van der Waals surface area contributed by atoms with Gasteiger partial charge in [0.2, 0.25) is 5.91 Å². The molecule has 0 spiro atoms. The highest BCUT2D eigenvalue weighted by atomic mass is 16.5. The van der Waals surface area contributed by atoms with E-state index in [1.54, 1.807) is 24.1 Å². The predicted octanol–water partition coefficient (Wildman–Crippen LogP) is 2.79. The van der Waals surface area contributed by atoms with Crippen LogP contribution in [0.25, 0.3) is 0 Å². The molecule has 1 N–H and O–H groups in total. The van der Waals surface area contributed by atoms with Crippen LogP contribution in [0, 0.1) is 11.8 Å². The average molecular weight is 307 g/mol. The number of ether oxygens (including phenoxy) is 1. The zero-order chi connectivity index (χ0) is 16.7. The van der Waals surface area contributed by atoms with Crippen molar-refractivity contribution >= 4 is 11.9 Å². The minimum absolute atomic E-state index is 0.00757. The van der Waals surface area contributed by atoms with Gasteiger partial charge in [0.15, 0.2) is 6.61 Å². The predicted molar refractivity (Wildman–Crippen MR) is 84.7 cm³/mol. The van der Waals surface area contributed by atoms with E-state index in [-0.39, 0.29) is 18.4 Å². The van der Waals surface area contributed by atoms with Crippen LogP contribution in [0.2, 0.25) is 0 Å². The monoisotopic (exact) mass is 307 g/mol. The highest BCUT2D eigenvalue weighted by Gasteiger charge is 2.22. The minimum Gasteiger partial charge on any atom is -0.482 e. The molecular weight excluding hydrogens is 282 g/mol. The molecule has 0 aliphatic rings. The first-order chi connectivity index (χ1) is 10.3. The summed E-state index contributed by atoms with van der Waals surface area (Å²) in [5.74, 6) is 0.0111.